The molecule has 0 saturated carbocycles. The Balaban J connectivity index is 2.05. The van der Waals surface area contributed by atoms with Gasteiger partial charge >= 0.3 is 5.97 Å². The number of nitrogens with zero attached hydrogens (tertiary/aromatic N) is 1. The van der Waals surface area contributed by atoms with Crippen molar-refractivity contribution in [1.29, 1.82) is 0 Å². The highest BCUT2D eigenvalue weighted by Gasteiger charge is 2.19. The highest BCUT2D eigenvalue weighted by atomic mass is 35.5. The molecule has 0 aromatic heterocycles. The number of carbonyl (C=O) groups is 2. The summed E-state index contributed by atoms with van der Waals surface area (Å²) in [6, 6.07) is 8.03. The molecule has 2 aromatic carbocycles. The predicted molar refractivity (Wildman–Crippen MR) is 95.0 cm³/mol. The maximum atomic E-state index is 12.0. The van der Waals surface area contributed by atoms with E-state index in [1.54, 1.807) is 0 Å². The van der Waals surface area contributed by atoms with Crippen molar-refractivity contribution >= 4 is 46.5 Å². The van der Waals surface area contributed by atoms with Gasteiger partial charge in [-0.05, 0) is 24.3 Å². The van der Waals surface area contributed by atoms with Crippen molar-refractivity contribution in [2.75, 3.05) is 19.0 Å². The predicted octanol–water partition coefficient (Wildman–Crippen LogP) is 3.71. The molecule has 10 heteroatoms. The van der Waals surface area contributed by atoms with Gasteiger partial charge in [0.05, 0.1) is 22.6 Å². The van der Waals surface area contributed by atoms with Crippen LogP contribution in [0.5, 0.6) is 5.75 Å². The first kappa shape index (κ1) is 19.5. The molecule has 2 aromatic rings. The second kappa shape index (κ2) is 8.50. The Morgan fingerprint density at radius 1 is 1.19 bits per heavy atom. The Hall–Kier alpha value is -2.84. The maximum Gasteiger partial charge on any atom is 0.340 e. The van der Waals surface area contributed by atoms with E-state index in [0.717, 1.165) is 0 Å². The highest BCUT2D eigenvalue weighted by molar-refractivity contribution is 6.36. The van der Waals surface area contributed by atoms with Crippen LogP contribution in [0, 0.1) is 10.1 Å². The number of hydrogen-bond donors (Lipinski definition) is 1. The SMILES string of the molecule is COc1ccc([N+](=O)[O-])c(NC(=O)COC(=O)c2ccc(Cl)cc2Cl)c1. The van der Waals surface area contributed by atoms with Crippen LogP contribution in [0.25, 0.3) is 0 Å². The molecule has 0 aliphatic rings. The summed E-state index contributed by atoms with van der Waals surface area (Å²) >= 11 is 11.6. The van der Waals surface area contributed by atoms with Gasteiger partial charge in [-0.1, -0.05) is 23.2 Å². The molecule has 0 bridgehead atoms. The van der Waals surface area contributed by atoms with Gasteiger partial charge in [-0.3, -0.25) is 14.9 Å². The van der Waals surface area contributed by atoms with Crippen LogP contribution in [0.15, 0.2) is 36.4 Å². The second-order valence-corrected chi connectivity index (χ2v) is 5.73. The van der Waals surface area contributed by atoms with E-state index in [9.17, 15) is 19.7 Å². The van der Waals surface area contributed by atoms with Gasteiger partial charge in [-0.2, -0.15) is 0 Å². The monoisotopic (exact) mass is 398 g/mol. The number of halogens is 2. The summed E-state index contributed by atoms with van der Waals surface area (Å²) < 4.78 is 9.83. The van der Waals surface area contributed by atoms with E-state index < -0.39 is 23.4 Å². The second-order valence-electron chi connectivity index (χ2n) is 4.89. The minimum absolute atomic E-state index is 0.0382. The molecule has 0 aliphatic heterocycles. The van der Waals surface area contributed by atoms with Crippen molar-refractivity contribution in [3.8, 4) is 5.75 Å². The molecular formula is C16H12Cl2N2O6. The third-order valence-electron chi connectivity index (χ3n) is 3.16. The molecule has 1 N–H and O–H groups in total. The lowest BCUT2D eigenvalue weighted by molar-refractivity contribution is -0.383. The molecule has 136 valence electrons. The van der Waals surface area contributed by atoms with E-state index in [1.165, 1.54) is 43.5 Å². The van der Waals surface area contributed by atoms with Crippen LogP contribution in [-0.2, 0) is 9.53 Å². The lowest BCUT2D eigenvalue weighted by atomic mass is 10.2. The molecule has 1 amide bonds. The van der Waals surface area contributed by atoms with Crippen LogP contribution in [0.1, 0.15) is 10.4 Å². The average Bonchev–Trinajstić information content (AvgIpc) is 2.59. The van der Waals surface area contributed by atoms with Gasteiger partial charge in [0.15, 0.2) is 6.61 Å². The normalized spacial score (nSPS) is 10.1. The van der Waals surface area contributed by atoms with Crippen molar-refractivity contribution in [2.24, 2.45) is 0 Å². The van der Waals surface area contributed by atoms with E-state index in [1.807, 2.05) is 0 Å². The summed E-state index contributed by atoms with van der Waals surface area (Å²) in [5, 5.41) is 13.7. The fourth-order valence-corrected chi connectivity index (χ4v) is 2.44. The third kappa shape index (κ3) is 4.84. The number of carbonyl (C=O) groups excluding carboxylic acids is 2. The van der Waals surface area contributed by atoms with E-state index >= 15 is 0 Å². The fourth-order valence-electron chi connectivity index (χ4n) is 1.95. The zero-order chi connectivity index (χ0) is 19.3. The van der Waals surface area contributed by atoms with Gasteiger partial charge in [0.25, 0.3) is 11.6 Å². The van der Waals surface area contributed by atoms with Gasteiger partial charge in [0, 0.05) is 17.2 Å². The van der Waals surface area contributed by atoms with Crippen LogP contribution in [0.3, 0.4) is 0 Å². The Bertz CT molecular complexity index is 872. The molecule has 2 rings (SSSR count). The summed E-state index contributed by atoms with van der Waals surface area (Å²) in [7, 11) is 1.38. The van der Waals surface area contributed by atoms with Crippen molar-refractivity contribution in [3.05, 3.63) is 62.1 Å². The summed E-state index contributed by atoms with van der Waals surface area (Å²) in [6.45, 7) is -0.661. The topological polar surface area (TPSA) is 108 Å². The van der Waals surface area contributed by atoms with Crippen LogP contribution < -0.4 is 10.1 Å². The lowest BCUT2D eigenvalue weighted by Gasteiger charge is -2.09. The van der Waals surface area contributed by atoms with Gasteiger partial charge in [-0.15, -0.1) is 0 Å². The Morgan fingerprint density at radius 3 is 2.54 bits per heavy atom. The number of nitro benzene ring substituents is 1. The Labute approximate surface area is 157 Å². The first-order valence-electron chi connectivity index (χ1n) is 7.06. The summed E-state index contributed by atoms with van der Waals surface area (Å²) in [5.41, 5.74) is -0.373. The number of hydrogen-bond acceptors (Lipinski definition) is 6. The molecule has 0 aliphatic carbocycles. The van der Waals surface area contributed by atoms with Gasteiger partial charge in [-0.25, -0.2) is 4.79 Å². The number of ether oxygens (including phenoxy) is 2. The largest absolute Gasteiger partial charge is 0.497 e. The molecule has 0 saturated heterocycles. The van der Waals surface area contributed by atoms with Gasteiger partial charge < -0.3 is 14.8 Å². The van der Waals surface area contributed by atoms with Crippen LogP contribution in [0.4, 0.5) is 11.4 Å². The van der Waals surface area contributed by atoms with Gasteiger partial charge in [0.1, 0.15) is 11.4 Å². The van der Waals surface area contributed by atoms with Crippen molar-refractivity contribution in [1.82, 2.24) is 0 Å². The number of anilines is 1. The smallest absolute Gasteiger partial charge is 0.340 e. The molecule has 0 heterocycles. The van der Waals surface area contributed by atoms with Crippen LogP contribution in [-0.4, -0.2) is 30.5 Å². The first-order valence-corrected chi connectivity index (χ1v) is 7.82. The number of esters is 1. The summed E-state index contributed by atoms with van der Waals surface area (Å²) in [5.74, 6) is -1.28. The molecule has 0 fully saturated rings. The average molecular weight is 399 g/mol. The number of benzene rings is 2. The molecule has 0 unspecified atom stereocenters. The van der Waals surface area contributed by atoms with E-state index in [2.05, 4.69) is 5.32 Å². The van der Waals surface area contributed by atoms with Crippen molar-refractivity contribution < 1.29 is 24.0 Å². The number of nitrogens with one attached hydrogen (secondary N) is 1. The minimum atomic E-state index is -0.832. The molecule has 0 radical (unpaired) electrons. The summed E-state index contributed by atoms with van der Waals surface area (Å²) in [4.78, 5) is 34.3. The summed E-state index contributed by atoms with van der Waals surface area (Å²) in [6.07, 6.45) is 0. The standard InChI is InChI=1S/C16H12Cl2N2O6/c1-25-10-3-5-14(20(23)24)13(7-10)19-15(21)8-26-16(22)11-4-2-9(17)6-12(11)18/h2-7H,8H2,1H3,(H,19,21). The lowest BCUT2D eigenvalue weighted by Crippen LogP contribution is -2.21. The molecular weight excluding hydrogens is 387 g/mol. The van der Waals surface area contributed by atoms with E-state index in [4.69, 9.17) is 32.7 Å². The number of nitro groups is 1. The van der Waals surface area contributed by atoms with Crippen molar-refractivity contribution in [3.63, 3.8) is 0 Å². The Kier molecular flexibility index (Phi) is 6.37. The maximum absolute atomic E-state index is 12.0. The van der Waals surface area contributed by atoms with Crippen LogP contribution >= 0.6 is 23.2 Å². The molecule has 0 spiro atoms. The van der Waals surface area contributed by atoms with E-state index in [0.29, 0.717) is 10.8 Å². The minimum Gasteiger partial charge on any atom is -0.497 e. The first-order chi connectivity index (χ1) is 12.3. The Morgan fingerprint density at radius 2 is 1.92 bits per heavy atom. The number of methoxy groups -OCH3 is 1. The number of rotatable bonds is 6. The number of amides is 1. The van der Waals surface area contributed by atoms with E-state index in [-0.39, 0.29) is 22.0 Å². The van der Waals surface area contributed by atoms with Crippen LogP contribution in [0.2, 0.25) is 10.0 Å². The highest BCUT2D eigenvalue weighted by Crippen LogP contribution is 2.28. The van der Waals surface area contributed by atoms with Crippen molar-refractivity contribution in [2.45, 2.75) is 0 Å². The molecule has 26 heavy (non-hydrogen) atoms. The zero-order valence-corrected chi connectivity index (χ0v) is 14.8. The van der Waals surface area contributed by atoms with Gasteiger partial charge in [0.2, 0.25) is 0 Å². The quantitative estimate of drug-likeness (QED) is 0.451. The molecule has 0 atom stereocenters. The third-order valence-corrected chi connectivity index (χ3v) is 3.71. The molecule has 8 nitrogen and oxygen atoms in total. The fraction of sp³-hybridized carbons (Fsp3) is 0.125. The zero-order valence-electron chi connectivity index (χ0n) is 13.3.